The van der Waals surface area contributed by atoms with Crippen molar-refractivity contribution in [1.82, 2.24) is 10.3 Å². The van der Waals surface area contributed by atoms with Crippen LogP contribution in [0.3, 0.4) is 0 Å². The Morgan fingerprint density at radius 3 is 3.00 bits per heavy atom. The van der Waals surface area contributed by atoms with E-state index in [1.165, 1.54) is 12.3 Å². The van der Waals surface area contributed by atoms with Crippen molar-refractivity contribution in [3.05, 3.63) is 32.7 Å². The van der Waals surface area contributed by atoms with Crippen molar-refractivity contribution in [2.24, 2.45) is 0 Å². The molecule has 66 valence electrons. The molecule has 6 heteroatoms. The number of nitrogens with one attached hydrogen (secondary N) is 2. The van der Waals surface area contributed by atoms with Crippen LogP contribution in [0, 0.1) is 0 Å². The fourth-order valence-electron chi connectivity index (χ4n) is 0.814. The molecule has 13 heavy (non-hydrogen) atoms. The molecule has 0 saturated carbocycles. The summed E-state index contributed by atoms with van der Waals surface area (Å²) < 4.78 is 0.668. The Morgan fingerprint density at radius 1 is 1.69 bits per heavy atom. The zero-order valence-electron chi connectivity index (χ0n) is 6.63. The van der Waals surface area contributed by atoms with E-state index in [2.05, 4.69) is 42.5 Å². The number of aromatic amines is 1. The summed E-state index contributed by atoms with van der Waals surface area (Å²) in [6.45, 7) is 0. The largest absolute Gasteiger partial charge is 0.368 e. The topological polar surface area (TPSA) is 62.0 Å². The molecule has 0 unspecified atom stereocenters. The second-order valence-electron chi connectivity index (χ2n) is 2.27. The lowest BCUT2D eigenvalue weighted by Crippen LogP contribution is -2.30. The number of hydrogen-bond acceptors (Lipinski definition) is 2. The molecule has 1 aromatic rings. The summed E-state index contributed by atoms with van der Waals surface area (Å²) in [4.78, 5) is 24.8. The van der Waals surface area contributed by atoms with Gasteiger partial charge in [0.15, 0.2) is 16.3 Å². The van der Waals surface area contributed by atoms with E-state index >= 15 is 0 Å². The molecule has 1 aromatic heterocycles. The predicted molar refractivity (Wildman–Crippen MR) is 52.8 cm³/mol. The molecule has 2 radical (unpaired) electrons. The smallest absolute Gasteiger partial charge is 0.260 e. The van der Waals surface area contributed by atoms with Crippen LogP contribution >= 0.6 is 15.9 Å². The van der Waals surface area contributed by atoms with Crippen molar-refractivity contribution < 1.29 is 4.79 Å². The van der Waals surface area contributed by atoms with E-state index in [0.29, 0.717) is 9.88 Å². The molecule has 0 spiro atoms. The predicted octanol–water partition coefficient (Wildman–Crippen LogP) is -0.00680. The molecule has 1 heterocycles. The van der Waals surface area contributed by atoms with Crippen LogP contribution < -0.4 is 10.9 Å². The van der Waals surface area contributed by atoms with E-state index in [4.69, 9.17) is 0 Å². The molecule has 0 saturated heterocycles. The number of pyridine rings is 1. The van der Waals surface area contributed by atoms with E-state index in [9.17, 15) is 9.59 Å². The molecule has 1 rings (SSSR count). The fourth-order valence-corrected chi connectivity index (χ4v) is 1.34. The summed E-state index contributed by atoms with van der Waals surface area (Å²) in [5.41, 5.74) is -0.282. The number of rotatable bonds is 2. The van der Waals surface area contributed by atoms with E-state index < -0.39 is 0 Å². The Balaban J connectivity index is 3.06. The third-order valence-corrected chi connectivity index (χ3v) is 2.04. The minimum absolute atomic E-state index is 0.108. The first-order valence-electron chi connectivity index (χ1n) is 3.51. The van der Waals surface area contributed by atoms with Gasteiger partial charge in [-0.2, -0.15) is 0 Å². The van der Waals surface area contributed by atoms with Crippen LogP contribution in [-0.2, 0) is 0 Å². The normalized spacial score (nSPS) is 9.62. The zero-order valence-corrected chi connectivity index (χ0v) is 9.37. The second kappa shape index (κ2) is 4.61. The number of hydrogen-bond donors (Lipinski definition) is 2. The van der Waals surface area contributed by atoms with Crippen molar-refractivity contribution >= 4 is 38.1 Å². The summed E-state index contributed by atoms with van der Waals surface area (Å²) in [6.07, 6.45) is 1.49. The van der Waals surface area contributed by atoms with Crippen molar-refractivity contribution in [3.8, 4) is 0 Å². The molecular formula is C7H6AlBrN2O2. The van der Waals surface area contributed by atoms with Crippen molar-refractivity contribution in [3.63, 3.8) is 0 Å². The Bertz CT molecular complexity index is 377. The molecule has 0 fully saturated rings. The van der Waals surface area contributed by atoms with Gasteiger partial charge in [-0.25, -0.2) is 0 Å². The van der Waals surface area contributed by atoms with Gasteiger partial charge >= 0.3 is 0 Å². The molecule has 2 N–H and O–H groups in total. The number of carbonyl (C=O) groups excluding carboxylic acids is 1. The van der Waals surface area contributed by atoms with Crippen LogP contribution in [0.25, 0.3) is 0 Å². The summed E-state index contributed by atoms with van der Waals surface area (Å²) in [7, 11) is 0. The lowest BCUT2D eigenvalue weighted by atomic mass is 10.3. The summed E-state index contributed by atoms with van der Waals surface area (Å²) in [6, 6.07) is 1.48. The van der Waals surface area contributed by atoms with Gasteiger partial charge in [-0.15, -0.1) is 0 Å². The molecule has 0 aliphatic rings. The molecule has 4 nitrogen and oxygen atoms in total. The SMILES string of the molecule is O=C(N[CH2][Al])c1cc(Br)c[nH]c1=O. The van der Waals surface area contributed by atoms with Crippen molar-refractivity contribution in [2.75, 3.05) is 5.41 Å². The fraction of sp³-hybridized carbons (Fsp3) is 0.143. The van der Waals surface area contributed by atoms with Crippen LogP contribution in [0.1, 0.15) is 10.4 Å². The number of aromatic nitrogens is 1. The lowest BCUT2D eigenvalue weighted by molar-refractivity contribution is 0.0959. The molecule has 0 bridgehead atoms. The minimum Gasteiger partial charge on any atom is -0.368 e. The Morgan fingerprint density at radius 2 is 2.38 bits per heavy atom. The number of H-pyrrole nitrogens is 1. The first-order valence-corrected chi connectivity index (χ1v) is 5.12. The maximum atomic E-state index is 11.3. The summed E-state index contributed by atoms with van der Waals surface area (Å²) >= 11 is 5.51. The number of carbonyl (C=O) groups is 1. The molecule has 0 aromatic carbocycles. The Labute approximate surface area is 91.3 Å². The highest BCUT2D eigenvalue weighted by molar-refractivity contribution is 9.10. The van der Waals surface area contributed by atoms with Gasteiger partial charge < -0.3 is 10.3 Å². The van der Waals surface area contributed by atoms with E-state index in [1.807, 2.05) is 0 Å². The average Bonchev–Trinajstić information content (AvgIpc) is 2.09. The first kappa shape index (κ1) is 10.5. The van der Waals surface area contributed by atoms with Crippen LogP contribution in [0.2, 0.25) is 0 Å². The Kier molecular flexibility index (Phi) is 3.73. The van der Waals surface area contributed by atoms with Crippen LogP contribution in [0.15, 0.2) is 21.5 Å². The van der Waals surface area contributed by atoms with E-state index in [1.54, 1.807) is 0 Å². The van der Waals surface area contributed by atoms with Gasteiger partial charge in [-0.05, 0) is 22.0 Å². The highest BCUT2D eigenvalue weighted by atomic mass is 79.9. The average molecular weight is 257 g/mol. The van der Waals surface area contributed by atoms with Gasteiger partial charge in [0.1, 0.15) is 5.56 Å². The maximum absolute atomic E-state index is 11.3. The molecule has 0 atom stereocenters. The first-order chi connectivity index (χ1) is 6.15. The standard InChI is InChI=1S/C7H6BrN2O2.Al/c1-9-6(11)5-2-4(8)3-10-7(5)12;/h2-3H,1H2,(H,9,11)(H,10,12);. The van der Waals surface area contributed by atoms with E-state index in [0.717, 1.165) is 0 Å². The summed E-state index contributed by atoms with van der Waals surface area (Å²) in [5, 5.41) is 2.93. The van der Waals surface area contributed by atoms with E-state index in [-0.39, 0.29) is 17.0 Å². The molecular weight excluding hydrogens is 251 g/mol. The highest BCUT2D eigenvalue weighted by Gasteiger charge is 2.08. The molecule has 0 aliphatic heterocycles. The van der Waals surface area contributed by atoms with Gasteiger partial charge in [0.2, 0.25) is 0 Å². The van der Waals surface area contributed by atoms with Gasteiger partial charge in [-0.3, -0.25) is 9.59 Å². The van der Waals surface area contributed by atoms with Crippen LogP contribution in [0.4, 0.5) is 0 Å². The third-order valence-electron chi connectivity index (χ3n) is 1.38. The lowest BCUT2D eigenvalue weighted by Gasteiger charge is -2.01. The van der Waals surface area contributed by atoms with Crippen LogP contribution in [-0.4, -0.2) is 32.6 Å². The van der Waals surface area contributed by atoms with Gasteiger partial charge in [-0.1, -0.05) is 5.41 Å². The number of amides is 1. The van der Waals surface area contributed by atoms with Crippen LogP contribution in [0.5, 0.6) is 0 Å². The Hall–Kier alpha value is -0.568. The van der Waals surface area contributed by atoms with Gasteiger partial charge in [0.25, 0.3) is 11.5 Å². The highest BCUT2D eigenvalue weighted by Crippen LogP contribution is 2.06. The maximum Gasteiger partial charge on any atom is 0.260 e. The monoisotopic (exact) mass is 256 g/mol. The quantitative estimate of drug-likeness (QED) is 0.732. The molecule has 0 aliphatic carbocycles. The molecule has 1 amide bonds. The van der Waals surface area contributed by atoms with Gasteiger partial charge in [0, 0.05) is 10.7 Å². The van der Waals surface area contributed by atoms with Crippen molar-refractivity contribution in [1.29, 1.82) is 0 Å². The zero-order chi connectivity index (χ0) is 9.84. The van der Waals surface area contributed by atoms with Gasteiger partial charge in [0.05, 0.1) is 0 Å². The second-order valence-corrected chi connectivity index (χ2v) is 3.59. The van der Waals surface area contributed by atoms with Crippen molar-refractivity contribution in [2.45, 2.75) is 0 Å². The number of halogens is 1. The minimum atomic E-state index is -0.390. The summed E-state index contributed by atoms with van der Waals surface area (Å²) in [5.74, 6) is -0.377. The third kappa shape index (κ3) is 2.69.